The minimum atomic E-state index is -0.515. The fraction of sp³-hybridized carbons (Fsp3) is 0.455. The van der Waals surface area contributed by atoms with Crippen molar-refractivity contribution in [3.05, 3.63) is 46.0 Å². The molecule has 82 valence electrons. The maximum absolute atomic E-state index is 10.5. The maximum Gasteiger partial charge on any atom is 0.222 e. The Morgan fingerprint density at radius 2 is 2.00 bits per heavy atom. The van der Waals surface area contributed by atoms with Crippen molar-refractivity contribution in [3.63, 3.8) is 0 Å². The van der Waals surface area contributed by atoms with Gasteiger partial charge in [0.25, 0.3) is 0 Å². The number of nitrogens with zero attached hydrogens (tertiary/aromatic N) is 2. The van der Waals surface area contributed by atoms with Gasteiger partial charge in [0.05, 0.1) is 6.54 Å². The van der Waals surface area contributed by atoms with Gasteiger partial charge in [0.1, 0.15) is 0 Å². The molecule has 0 N–H and O–H groups in total. The van der Waals surface area contributed by atoms with Gasteiger partial charge in [-0.25, -0.2) is 0 Å². The summed E-state index contributed by atoms with van der Waals surface area (Å²) in [6.07, 6.45) is 0. The standard InChI is InChI=1S/C11H16N2O2/c1-10(13(14)15)8-12(2)9-11-6-4-3-5-7-11/h3-7,10H,8-9H2,1-2H3. The fourth-order valence-corrected chi connectivity index (χ4v) is 1.48. The monoisotopic (exact) mass is 208 g/mol. The molecule has 0 saturated carbocycles. The van der Waals surface area contributed by atoms with E-state index in [-0.39, 0.29) is 4.92 Å². The molecule has 0 aromatic heterocycles. The number of likely N-dealkylation sites (N-methyl/N-ethyl adjacent to an activating group) is 1. The minimum absolute atomic E-state index is 0.249. The van der Waals surface area contributed by atoms with Crippen molar-refractivity contribution in [2.24, 2.45) is 0 Å². The lowest BCUT2D eigenvalue weighted by molar-refractivity contribution is -0.518. The van der Waals surface area contributed by atoms with Crippen LogP contribution < -0.4 is 0 Å². The van der Waals surface area contributed by atoms with Crippen molar-refractivity contribution >= 4 is 0 Å². The molecule has 0 aliphatic carbocycles. The highest BCUT2D eigenvalue weighted by molar-refractivity contribution is 5.14. The van der Waals surface area contributed by atoms with Crippen molar-refractivity contribution < 1.29 is 4.92 Å². The molecule has 4 heteroatoms. The summed E-state index contributed by atoms with van der Waals surface area (Å²) < 4.78 is 0. The number of hydrogen-bond donors (Lipinski definition) is 0. The Bertz CT molecular complexity index is 314. The molecule has 0 spiro atoms. The van der Waals surface area contributed by atoms with E-state index in [4.69, 9.17) is 0 Å². The minimum Gasteiger partial charge on any atom is -0.296 e. The van der Waals surface area contributed by atoms with Crippen LogP contribution in [-0.4, -0.2) is 29.5 Å². The molecule has 0 saturated heterocycles. The summed E-state index contributed by atoms with van der Waals surface area (Å²) in [4.78, 5) is 12.2. The molecule has 0 fully saturated rings. The topological polar surface area (TPSA) is 46.4 Å². The predicted octanol–water partition coefficient (Wildman–Crippen LogP) is 1.78. The highest BCUT2D eigenvalue weighted by atomic mass is 16.6. The second-order valence-corrected chi connectivity index (χ2v) is 3.82. The molecule has 0 amide bonds. The van der Waals surface area contributed by atoms with Crippen molar-refractivity contribution in [2.75, 3.05) is 13.6 Å². The summed E-state index contributed by atoms with van der Waals surface area (Å²) in [6.45, 7) is 2.85. The first-order chi connectivity index (χ1) is 7.09. The Morgan fingerprint density at radius 1 is 1.40 bits per heavy atom. The van der Waals surface area contributed by atoms with Crippen LogP contribution in [0.2, 0.25) is 0 Å². The van der Waals surface area contributed by atoms with E-state index in [0.717, 1.165) is 6.54 Å². The van der Waals surface area contributed by atoms with Crippen LogP contribution in [0.1, 0.15) is 12.5 Å². The first kappa shape index (κ1) is 11.7. The lowest BCUT2D eigenvalue weighted by Crippen LogP contribution is -2.31. The van der Waals surface area contributed by atoms with E-state index in [9.17, 15) is 10.1 Å². The number of hydrogen-bond acceptors (Lipinski definition) is 3. The first-order valence-electron chi connectivity index (χ1n) is 4.95. The molecule has 1 unspecified atom stereocenters. The van der Waals surface area contributed by atoms with Crippen LogP contribution in [-0.2, 0) is 6.54 Å². The average molecular weight is 208 g/mol. The molecule has 0 aliphatic heterocycles. The number of nitro groups is 1. The fourth-order valence-electron chi connectivity index (χ4n) is 1.48. The molecule has 0 radical (unpaired) electrons. The number of rotatable bonds is 5. The smallest absolute Gasteiger partial charge is 0.222 e. The Hall–Kier alpha value is -1.42. The zero-order chi connectivity index (χ0) is 11.3. The van der Waals surface area contributed by atoms with E-state index in [0.29, 0.717) is 6.54 Å². The van der Waals surface area contributed by atoms with Gasteiger partial charge in [0.15, 0.2) is 0 Å². The van der Waals surface area contributed by atoms with Gasteiger partial charge in [-0.15, -0.1) is 0 Å². The van der Waals surface area contributed by atoms with E-state index in [1.54, 1.807) is 6.92 Å². The molecule has 4 nitrogen and oxygen atoms in total. The Kier molecular flexibility index (Phi) is 4.24. The van der Waals surface area contributed by atoms with E-state index < -0.39 is 6.04 Å². The zero-order valence-electron chi connectivity index (χ0n) is 9.09. The second-order valence-electron chi connectivity index (χ2n) is 3.82. The van der Waals surface area contributed by atoms with Crippen LogP contribution in [0, 0.1) is 10.1 Å². The maximum atomic E-state index is 10.5. The summed E-state index contributed by atoms with van der Waals surface area (Å²) >= 11 is 0. The third-order valence-electron chi connectivity index (χ3n) is 2.23. The molecule has 1 rings (SSSR count). The van der Waals surface area contributed by atoms with Gasteiger partial charge in [0, 0.05) is 18.4 Å². The van der Waals surface area contributed by atoms with E-state index in [2.05, 4.69) is 0 Å². The van der Waals surface area contributed by atoms with Crippen LogP contribution in [0.4, 0.5) is 0 Å². The Morgan fingerprint density at radius 3 is 2.53 bits per heavy atom. The van der Waals surface area contributed by atoms with Crippen molar-refractivity contribution in [3.8, 4) is 0 Å². The average Bonchev–Trinajstić information content (AvgIpc) is 2.18. The van der Waals surface area contributed by atoms with Gasteiger partial charge in [-0.2, -0.15) is 0 Å². The summed E-state index contributed by atoms with van der Waals surface area (Å²) in [7, 11) is 1.90. The second kappa shape index (κ2) is 5.46. The summed E-state index contributed by atoms with van der Waals surface area (Å²) in [5.74, 6) is 0. The molecule has 1 aromatic rings. The van der Waals surface area contributed by atoms with Gasteiger partial charge >= 0.3 is 0 Å². The summed E-state index contributed by atoms with van der Waals surface area (Å²) in [6, 6.07) is 9.43. The molecule has 0 bridgehead atoms. The molecule has 1 atom stereocenters. The molecular weight excluding hydrogens is 192 g/mol. The molecule has 0 aliphatic rings. The molecule has 15 heavy (non-hydrogen) atoms. The van der Waals surface area contributed by atoms with Crippen LogP contribution in [0.15, 0.2) is 30.3 Å². The van der Waals surface area contributed by atoms with Crippen molar-refractivity contribution in [1.82, 2.24) is 4.90 Å². The third kappa shape index (κ3) is 4.08. The molecule has 1 aromatic carbocycles. The Labute approximate surface area is 89.7 Å². The van der Waals surface area contributed by atoms with Crippen LogP contribution >= 0.6 is 0 Å². The Balaban J connectivity index is 2.43. The SMILES string of the molecule is CC(CN(C)Cc1ccccc1)[N+](=O)[O-]. The quantitative estimate of drug-likeness (QED) is 0.547. The van der Waals surface area contributed by atoms with Gasteiger partial charge in [-0.05, 0) is 12.6 Å². The van der Waals surface area contributed by atoms with Gasteiger partial charge in [0.2, 0.25) is 6.04 Å². The zero-order valence-corrected chi connectivity index (χ0v) is 9.09. The van der Waals surface area contributed by atoms with E-state index in [1.165, 1.54) is 5.56 Å². The summed E-state index contributed by atoms with van der Waals surface area (Å²) in [5, 5.41) is 10.5. The lowest BCUT2D eigenvalue weighted by Gasteiger charge is -2.17. The summed E-state index contributed by atoms with van der Waals surface area (Å²) in [5.41, 5.74) is 1.18. The lowest BCUT2D eigenvalue weighted by atomic mass is 10.2. The van der Waals surface area contributed by atoms with E-state index in [1.807, 2.05) is 42.3 Å². The highest BCUT2D eigenvalue weighted by Crippen LogP contribution is 2.03. The first-order valence-corrected chi connectivity index (χ1v) is 4.95. The molecule has 0 heterocycles. The third-order valence-corrected chi connectivity index (χ3v) is 2.23. The van der Waals surface area contributed by atoms with E-state index >= 15 is 0 Å². The number of benzene rings is 1. The van der Waals surface area contributed by atoms with Crippen LogP contribution in [0.25, 0.3) is 0 Å². The van der Waals surface area contributed by atoms with Crippen molar-refractivity contribution in [1.29, 1.82) is 0 Å². The molecular formula is C11H16N2O2. The highest BCUT2D eigenvalue weighted by Gasteiger charge is 2.15. The normalized spacial score (nSPS) is 12.7. The van der Waals surface area contributed by atoms with Crippen LogP contribution in [0.3, 0.4) is 0 Å². The van der Waals surface area contributed by atoms with Gasteiger partial charge in [-0.1, -0.05) is 30.3 Å². The van der Waals surface area contributed by atoms with Crippen molar-refractivity contribution in [2.45, 2.75) is 19.5 Å². The van der Waals surface area contributed by atoms with Crippen LogP contribution in [0.5, 0.6) is 0 Å². The largest absolute Gasteiger partial charge is 0.296 e. The van der Waals surface area contributed by atoms with Gasteiger partial charge in [-0.3, -0.25) is 15.0 Å². The van der Waals surface area contributed by atoms with Gasteiger partial charge < -0.3 is 0 Å². The predicted molar refractivity (Wildman–Crippen MR) is 59.2 cm³/mol.